The number of nitrogens with zero attached hydrogens (tertiary/aromatic N) is 4. The molecule has 6 nitrogen and oxygen atoms in total. The molecule has 2 aromatic carbocycles. The number of carbonyl (C=O) groups is 1. The van der Waals surface area contributed by atoms with Crippen molar-refractivity contribution in [1.82, 2.24) is 14.5 Å². The summed E-state index contributed by atoms with van der Waals surface area (Å²) in [5.41, 5.74) is 1.43. The number of hydrogen-bond donors (Lipinski definition) is 0. The van der Waals surface area contributed by atoms with Crippen LogP contribution in [-0.2, 0) is 11.3 Å². The maximum Gasteiger partial charge on any atom is 0.261 e. The van der Waals surface area contributed by atoms with E-state index in [-0.39, 0.29) is 18.0 Å². The molecule has 0 saturated carbocycles. The predicted octanol–water partition coefficient (Wildman–Crippen LogP) is 2.40. The van der Waals surface area contributed by atoms with Crippen LogP contribution in [0.4, 0.5) is 5.69 Å². The summed E-state index contributed by atoms with van der Waals surface area (Å²) in [7, 11) is 0. The molecule has 27 heavy (non-hydrogen) atoms. The zero-order valence-corrected chi connectivity index (χ0v) is 15.5. The van der Waals surface area contributed by atoms with Crippen LogP contribution in [0.15, 0.2) is 59.7 Å². The van der Waals surface area contributed by atoms with Gasteiger partial charge in [0.05, 0.1) is 27.9 Å². The molecule has 138 valence electrons. The van der Waals surface area contributed by atoms with Gasteiger partial charge in [0.2, 0.25) is 5.91 Å². The maximum absolute atomic E-state index is 12.7. The number of hydrogen-bond acceptors (Lipinski definition) is 4. The van der Waals surface area contributed by atoms with E-state index in [1.54, 1.807) is 23.1 Å². The van der Waals surface area contributed by atoms with E-state index < -0.39 is 0 Å². The van der Waals surface area contributed by atoms with E-state index in [4.69, 9.17) is 11.6 Å². The molecule has 0 N–H and O–H groups in total. The van der Waals surface area contributed by atoms with Crippen molar-refractivity contribution < 1.29 is 4.79 Å². The SMILES string of the molecule is O=C(Cn1cnc2ccccc2c1=O)N1CCN(c2ccccc2Cl)CC1. The fourth-order valence-electron chi connectivity index (χ4n) is 3.37. The number of amides is 1. The van der Waals surface area contributed by atoms with Crippen molar-refractivity contribution in [3.63, 3.8) is 0 Å². The van der Waals surface area contributed by atoms with Crippen LogP contribution in [0.1, 0.15) is 0 Å². The molecule has 0 atom stereocenters. The molecule has 0 spiro atoms. The van der Waals surface area contributed by atoms with E-state index in [1.165, 1.54) is 10.9 Å². The summed E-state index contributed by atoms with van der Waals surface area (Å²) in [6, 6.07) is 14.9. The summed E-state index contributed by atoms with van der Waals surface area (Å²) in [6.45, 7) is 2.61. The van der Waals surface area contributed by atoms with Crippen LogP contribution >= 0.6 is 11.6 Å². The molecule has 0 unspecified atom stereocenters. The maximum atomic E-state index is 12.7. The molecular weight excluding hydrogens is 364 g/mol. The molecule has 2 heterocycles. The largest absolute Gasteiger partial charge is 0.367 e. The summed E-state index contributed by atoms with van der Waals surface area (Å²) in [5.74, 6) is -0.0759. The third-order valence-electron chi connectivity index (χ3n) is 4.86. The van der Waals surface area contributed by atoms with Crippen LogP contribution in [0.25, 0.3) is 10.9 Å². The van der Waals surface area contributed by atoms with Crippen LogP contribution in [0.2, 0.25) is 5.02 Å². The quantitative estimate of drug-likeness (QED) is 0.698. The van der Waals surface area contributed by atoms with Crippen LogP contribution in [0.3, 0.4) is 0 Å². The van der Waals surface area contributed by atoms with Gasteiger partial charge in [-0.3, -0.25) is 14.2 Å². The van der Waals surface area contributed by atoms with E-state index in [0.717, 1.165) is 5.69 Å². The van der Waals surface area contributed by atoms with Crippen molar-refractivity contribution in [3.8, 4) is 0 Å². The van der Waals surface area contributed by atoms with Crippen LogP contribution in [0, 0.1) is 0 Å². The summed E-state index contributed by atoms with van der Waals surface area (Å²) in [6.07, 6.45) is 1.45. The molecule has 0 bridgehead atoms. The highest BCUT2D eigenvalue weighted by Gasteiger charge is 2.22. The van der Waals surface area contributed by atoms with Crippen molar-refractivity contribution in [3.05, 3.63) is 70.2 Å². The first kappa shape index (κ1) is 17.5. The Morgan fingerprint density at radius 2 is 1.70 bits per heavy atom. The second-order valence-corrected chi connectivity index (χ2v) is 6.92. The van der Waals surface area contributed by atoms with Gasteiger partial charge in [-0.2, -0.15) is 0 Å². The number of rotatable bonds is 3. The monoisotopic (exact) mass is 382 g/mol. The Morgan fingerprint density at radius 3 is 2.48 bits per heavy atom. The van der Waals surface area contributed by atoms with E-state index in [1.807, 2.05) is 30.3 Å². The van der Waals surface area contributed by atoms with Gasteiger partial charge in [-0.25, -0.2) is 4.98 Å². The molecule has 1 aliphatic rings. The number of benzene rings is 2. The van der Waals surface area contributed by atoms with Crippen molar-refractivity contribution in [2.24, 2.45) is 0 Å². The summed E-state index contributed by atoms with van der Waals surface area (Å²) >= 11 is 6.26. The Labute approximate surface area is 161 Å². The normalized spacial score (nSPS) is 14.6. The first-order valence-electron chi connectivity index (χ1n) is 8.85. The predicted molar refractivity (Wildman–Crippen MR) is 106 cm³/mol. The fourth-order valence-corrected chi connectivity index (χ4v) is 3.62. The van der Waals surface area contributed by atoms with Gasteiger partial charge in [0.15, 0.2) is 0 Å². The highest BCUT2D eigenvalue weighted by molar-refractivity contribution is 6.33. The molecule has 0 radical (unpaired) electrons. The molecular formula is C20H19ClN4O2. The van der Waals surface area contributed by atoms with E-state index in [9.17, 15) is 9.59 Å². The molecule has 1 aliphatic heterocycles. The van der Waals surface area contributed by atoms with Gasteiger partial charge in [0, 0.05) is 26.2 Å². The van der Waals surface area contributed by atoms with Gasteiger partial charge >= 0.3 is 0 Å². The third-order valence-corrected chi connectivity index (χ3v) is 5.18. The third kappa shape index (κ3) is 3.53. The lowest BCUT2D eigenvalue weighted by Crippen LogP contribution is -2.50. The second-order valence-electron chi connectivity index (χ2n) is 6.51. The van der Waals surface area contributed by atoms with Crippen LogP contribution in [-0.4, -0.2) is 46.5 Å². The van der Waals surface area contributed by atoms with Gasteiger partial charge in [-0.15, -0.1) is 0 Å². The molecule has 1 saturated heterocycles. The highest BCUT2D eigenvalue weighted by atomic mass is 35.5. The van der Waals surface area contributed by atoms with Gasteiger partial charge in [-0.05, 0) is 24.3 Å². The lowest BCUT2D eigenvalue weighted by atomic mass is 10.2. The number of carbonyl (C=O) groups excluding carboxylic acids is 1. The average Bonchev–Trinajstić information content (AvgIpc) is 2.71. The zero-order chi connectivity index (χ0) is 18.8. The number of anilines is 1. The molecule has 4 rings (SSSR count). The van der Waals surface area contributed by atoms with Gasteiger partial charge in [0.1, 0.15) is 6.54 Å². The van der Waals surface area contributed by atoms with Crippen LogP contribution < -0.4 is 10.5 Å². The highest BCUT2D eigenvalue weighted by Crippen LogP contribution is 2.26. The Bertz CT molecular complexity index is 1040. The minimum Gasteiger partial charge on any atom is -0.367 e. The Kier molecular flexibility index (Phi) is 4.81. The first-order chi connectivity index (χ1) is 13.1. The molecule has 0 aliphatic carbocycles. The van der Waals surface area contributed by atoms with E-state index >= 15 is 0 Å². The minimum absolute atomic E-state index is 0.00274. The van der Waals surface area contributed by atoms with Gasteiger partial charge in [-0.1, -0.05) is 35.9 Å². The average molecular weight is 383 g/mol. The molecule has 1 aromatic heterocycles. The van der Waals surface area contributed by atoms with Crippen molar-refractivity contribution >= 4 is 34.1 Å². The minimum atomic E-state index is -0.191. The second kappa shape index (κ2) is 7.40. The number of para-hydroxylation sites is 2. The Balaban J connectivity index is 1.44. The number of aromatic nitrogens is 2. The van der Waals surface area contributed by atoms with Crippen molar-refractivity contribution in [2.75, 3.05) is 31.1 Å². The molecule has 7 heteroatoms. The van der Waals surface area contributed by atoms with Gasteiger partial charge in [0.25, 0.3) is 5.56 Å². The standard InChI is InChI=1S/C20H19ClN4O2/c21-16-6-2-4-8-18(16)23-9-11-24(12-10-23)19(26)13-25-14-22-17-7-3-1-5-15(17)20(25)27/h1-8,14H,9-13H2. The Morgan fingerprint density at radius 1 is 1.00 bits per heavy atom. The molecule has 1 amide bonds. The summed E-state index contributed by atoms with van der Waals surface area (Å²) in [4.78, 5) is 33.4. The Hall–Kier alpha value is -2.86. The fraction of sp³-hybridized carbons (Fsp3) is 0.250. The number of halogens is 1. The lowest BCUT2D eigenvalue weighted by Gasteiger charge is -2.36. The van der Waals surface area contributed by atoms with Crippen LogP contribution in [0.5, 0.6) is 0 Å². The number of fused-ring (bicyclic) bond motifs is 1. The van der Waals surface area contributed by atoms with Gasteiger partial charge < -0.3 is 9.80 Å². The number of piperazine rings is 1. The molecule has 3 aromatic rings. The van der Waals surface area contributed by atoms with E-state index in [0.29, 0.717) is 42.1 Å². The first-order valence-corrected chi connectivity index (χ1v) is 9.23. The topological polar surface area (TPSA) is 58.4 Å². The van der Waals surface area contributed by atoms with Crippen molar-refractivity contribution in [2.45, 2.75) is 6.54 Å². The lowest BCUT2D eigenvalue weighted by molar-refractivity contribution is -0.132. The molecule has 1 fully saturated rings. The van der Waals surface area contributed by atoms with Crippen molar-refractivity contribution in [1.29, 1.82) is 0 Å². The van der Waals surface area contributed by atoms with E-state index in [2.05, 4.69) is 9.88 Å². The summed E-state index contributed by atoms with van der Waals surface area (Å²) < 4.78 is 1.38. The summed E-state index contributed by atoms with van der Waals surface area (Å²) in [5, 5.41) is 1.24. The zero-order valence-electron chi connectivity index (χ0n) is 14.7. The smallest absolute Gasteiger partial charge is 0.261 e.